The minimum Gasteiger partial charge on any atom is -0.383 e. The van der Waals surface area contributed by atoms with E-state index in [9.17, 15) is 14.0 Å². The van der Waals surface area contributed by atoms with Gasteiger partial charge >= 0.3 is 0 Å². The van der Waals surface area contributed by atoms with Crippen LogP contribution in [0.25, 0.3) is 0 Å². The molecule has 138 valence electrons. The van der Waals surface area contributed by atoms with Gasteiger partial charge in [-0.3, -0.25) is 9.59 Å². The summed E-state index contributed by atoms with van der Waals surface area (Å²) in [5, 5.41) is 2.97. The second-order valence-corrected chi connectivity index (χ2v) is 6.86. The average Bonchev–Trinajstić information content (AvgIpc) is 2.59. The first-order chi connectivity index (χ1) is 11.9. The molecule has 1 fully saturated rings. The zero-order chi connectivity index (χ0) is 18.4. The minimum absolute atomic E-state index is 0.000662. The Bertz CT molecular complexity index is 589. The van der Waals surface area contributed by atoms with Crippen LogP contribution in [0.3, 0.4) is 0 Å². The molecule has 2 amide bonds. The lowest BCUT2D eigenvalue weighted by Crippen LogP contribution is -2.49. The second-order valence-electron chi connectivity index (χ2n) is 6.86. The van der Waals surface area contributed by atoms with E-state index in [2.05, 4.69) is 5.32 Å². The van der Waals surface area contributed by atoms with Crippen molar-refractivity contribution in [3.8, 4) is 0 Å². The van der Waals surface area contributed by atoms with Gasteiger partial charge in [0.2, 0.25) is 11.8 Å². The number of benzene rings is 1. The standard InChI is InChI=1S/C19H27FN2O3/c1-13(2)12-21-19(24)16-8-9-17(23)22(10-11-25-3)18(16)14-4-6-15(20)7-5-14/h4-7,13,16,18H,8-12H2,1-3H3,(H,21,24). The van der Waals surface area contributed by atoms with Gasteiger partial charge in [-0.15, -0.1) is 0 Å². The highest BCUT2D eigenvalue weighted by Gasteiger charge is 2.40. The van der Waals surface area contributed by atoms with Crippen LogP contribution >= 0.6 is 0 Å². The van der Waals surface area contributed by atoms with Crippen LogP contribution < -0.4 is 5.32 Å². The Morgan fingerprint density at radius 1 is 1.36 bits per heavy atom. The van der Waals surface area contributed by atoms with Gasteiger partial charge in [0, 0.05) is 26.6 Å². The summed E-state index contributed by atoms with van der Waals surface area (Å²) in [6.45, 7) is 5.46. The molecule has 2 rings (SSSR count). The lowest BCUT2D eigenvalue weighted by molar-refractivity contribution is -0.144. The molecule has 0 bridgehead atoms. The van der Waals surface area contributed by atoms with Crippen molar-refractivity contribution >= 4 is 11.8 Å². The molecule has 1 aromatic rings. The number of ether oxygens (including phenoxy) is 1. The van der Waals surface area contributed by atoms with Crippen molar-refractivity contribution in [3.05, 3.63) is 35.6 Å². The first-order valence-corrected chi connectivity index (χ1v) is 8.75. The number of likely N-dealkylation sites (tertiary alicyclic amines) is 1. The number of rotatable bonds is 7. The summed E-state index contributed by atoms with van der Waals surface area (Å²) in [7, 11) is 1.58. The third-order valence-electron chi connectivity index (χ3n) is 4.48. The molecule has 0 saturated carbocycles. The van der Waals surface area contributed by atoms with Gasteiger partial charge in [-0.05, 0) is 30.0 Å². The smallest absolute Gasteiger partial charge is 0.225 e. The monoisotopic (exact) mass is 350 g/mol. The van der Waals surface area contributed by atoms with Gasteiger partial charge in [0.05, 0.1) is 18.6 Å². The van der Waals surface area contributed by atoms with Gasteiger partial charge in [-0.1, -0.05) is 26.0 Å². The molecule has 25 heavy (non-hydrogen) atoms. The highest BCUT2D eigenvalue weighted by atomic mass is 19.1. The molecule has 1 heterocycles. The SMILES string of the molecule is COCCN1C(=O)CCC(C(=O)NCC(C)C)C1c1ccc(F)cc1. The van der Waals surface area contributed by atoms with Gasteiger partial charge in [-0.2, -0.15) is 0 Å². The fraction of sp³-hybridized carbons (Fsp3) is 0.579. The Kier molecular flexibility index (Phi) is 6.93. The number of halogens is 1. The van der Waals surface area contributed by atoms with Crippen molar-refractivity contribution in [3.63, 3.8) is 0 Å². The maximum atomic E-state index is 13.3. The van der Waals surface area contributed by atoms with E-state index in [1.165, 1.54) is 12.1 Å². The lowest BCUT2D eigenvalue weighted by Gasteiger charge is -2.41. The van der Waals surface area contributed by atoms with Crippen molar-refractivity contribution in [2.75, 3.05) is 26.8 Å². The summed E-state index contributed by atoms with van der Waals surface area (Å²) in [5.41, 5.74) is 0.773. The molecule has 0 spiro atoms. The van der Waals surface area contributed by atoms with Crippen molar-refractivity contribution in [2.45, 2.75) is 32.7 Å². The minimum atomic E-state index is -0.399. The number of piperidine rings is 1. The number of hydrogen-bond acceptors (Lipinski definition) is 3. The van der Waals surface area contributed by atoms with E-state index in [0.29, 0.717) is 38.5 Å². The van der Waals surface area contributed by atoms with Crippen LogP contribution in [0.2, 0.25) is 0 Å². The third kappa shape index (κ3) is 5.01. The van der Waals surface area contributed by atoms with Crippen LogP contribution in [0.4, 0.5) is 4.39 Å². The Balaban J connectivity index is 2.29. The molecule has 1 aliphatic heterocycles. The van der Waals surface area contributed by atoms with E-state index < -0.39 is 6.04 Å². The van der Waals surface area contributed by atoms with E-state index in [4.69, 9.17) is 4.74 Å². The van der Waals surface area contributed by atoms with Crippen molar-refractivity contribution in [2.24, 2.45) is 11.8 Å². The molecule has 5 nitrogen and oxygen atoms in total. The second kappa shape index (κ2) is 8.94. The average molecular weight is 350 g/mol. The number of carbonyl (C=O) groups is 2. The van der Waals surface area contributed by atoms with E-state index in [-0.39, 0.29) is 23.5 Å². The summed E-state index contributed by atoms with van der Waals surface area (Å²) < 4.78 is 18.4. The molecule has 0 radical (unpaired) electrons. The molecule has 1 N–H and O–H groups in total. The fourth-order valence-electron chi connectivity index (χ4n) is 3.19. The zero-order valence-corrected chi connectivity index (χ0v) is 15.1. The zero-order valence-electron chi connectivity index (χ0n) is 15.1. The molecule has 1 aliphatic rings. The summed E-state index contributed by atoms with van der Waals surface area (Å²) in [5.74, 6) is -0.394. The van der Waals surface area contributed by atoms with Gasteiger partial charge in [-0.25, -0.2) is 4.39 Å². The van der Waals surface area contributed by atoms with Crippen LogP contribution in [-0.4, -0.2) is 43.5 Å². The van der Waals surface area contributed by atoms with Crippen molar-refractivity contribution in [1.29, 1.82) is 0 Å². The Labute approximate surface area is 148 Å². The van der Waals surface area contributed by atoms with E-state index in [1.807, 2.05) is 13.8 Å². The Hall–Kier alpha value is -1.95. The number of nitrogens with one attached hydrogen (secondary N) is 1. The number of nitrogens with zero attached hydrogens (tertiary/aromatic N) is 1. The van der Waals surface area contributed by atoms with Gasteiger partial charge < -0.3 is 15.0 Å². The number of hydrogen-bond donors (Lipinski definition) is 1. The molecule has 0 aromatic heterocycles. The third-order valence-corrected chi connectivity index (χ3v) is 4.48. The first kappa shape index (κ1) is 19.4. The largest absolute Gasteiger partial charge is 0.383 e. The van der Waals surface area contributed by atoms with E-state index >= 15 is 0 Å². The van der Waals surface area contributed by atoms with Crippen molar-refractivity contribution < 1.29 is 18.7 Å². The van der Waals surface area contributed by atoms with Crippen LogP contribution in [0.5, 0.6) is 0 Å². The lowest BCUT2D eigenvalue weighted by atomic mass is 9.83. The number of methoxy groups -OCH3 is 1. The van der Waals surface area contributed by atoms with Crippen LogP contribution in [-0.2, 0) is 14.3 Å². The fourth-order valence-corrected chi connectivity index (χ4v) is 3.19. The molecular weight excluding hydrogens is 323 g/mol. The summed E-state index contributed by atoms with van der Waals surface area (Å²) in [6, 6.07) is 5.64. The quantitative estimate of drug-likeness (QED) is 0.822. The predicted molar refractivity (Wildman–Crippen MR) is 93.3 cm³/mol. The molecule has 1 saturated heterocycles. The first-order valence-electron chi connectivity index (χ1n) is 8.75. The van der Waals surface area contributed by atoms with Crippen LogP contribution in [0, 0.1) is 17.7 Å². The Morgan fingerprint density at radius 2 is 2.04 bits per heavy atom. The molecule has 6 heteroatoms. The van der Waals surface area contributed by atoms with E-state index in [0.717, 1.165) is 5.56 Å². The van der Waals surface area contributed by atoms with Crippen LogP contribution in [0.1, 0.15) is 38.3 Å². The molecule has 2 atom stereocenters. The summed E-state index contributed by atoms with van der Waals surface area (Å²) in [4.78, 5) is 26.9. The molecular formula is C19H27FN2O3. The normalized spacial score (nSPS) is 20.8. The van der Waals surface area contributed by atoms with Crippen LogP contribution in [0.15, 0.2) is 24.3 Å². The van der Waals surface area contributed by atoms with Gasteiger partial charge in [0.25, 0.3) is 0 Å². The summed E-state index contributed by atoms with van der Waals surface area (Å²) in [6.07, 6.45) is 0.829. The van der Waals surface area contributed by atoms with Crippen molar-refractivity contribution in [1.82, 2.24) is 10.2 Å². The maximum Gasteiger partial charge on any atom is 0.225 e. The van der Waals surface area contributed by atoms with Gasteiger partial charge in [0.15, 0.2) is 0 Å². The highest BCUT2D eigenvalue weighted by molar-refractivity contribution is 5.85. The highest BCUT2D eigenvalue weighted by Crippen LogP contribution is 2.36. The van der Waals surface area contributed by atoms with E-state index in [1.54, 1.807) is 24.1 Å². The number of amides is 2. The predicted octanol–water partition coefficient (Wildman–Crippen LogP) is 2.52. The number of carbonyl (C=O) groups excluding carboxylic acids is 2. The maximum absolute atomic E-state index is 13.3. The Morgan fingerprint density at radius 3 is 2.64 bits per heavy atom. The molecule has 1 aromatic carbocycles. The van der Waals surface area contributed by atoms with Gasteiger partial charge in [0.1, 0.15) is 5.82 Å². The molecule has 2 unspecified atom stereocenters. The topological polar surface area (TPSA) is 58.6 Å². The molecule has 0 aliphatic carbocycles. The summed E-state index contributed by atoms with van der Waals surface area (Å²) >= 11 is 0.